The number of aromatic nitrogens is 3. The van der Waals surface area contributed by atoms with E-state index in [-0.39, 0.29) is 18.1 Å². The third kappa shape index (κ3) is 4.37. The first kappa shape index (κ1) is 13.4. The highest BCUT2D eigenvalue weighted by Gasteiger charge is 2.07. The summed E-state index contributed by atoms with van der Waals surface area (Å²) >= 11 is 0. The molecule has 1 heterocycles. The Balaban J connectivity index is 2.72. The molecule has 1 aromatic heterocycles. The average molecular weight is 242 g/mol. The summed E-state index contributed by atoms with van der Waals surface area (Å²) in [4.78, 5) is 12.0. The number of ether oxygens (including phenoxy) is 2. The highest BCUT2D eigenvalue weighted by atomic mass is 16.5. The summed E-state index contributed by atoms with van der Waals surface area (Å²) in [5, 5.41) is 3.01. The van der Waals surface area contributed by atoms with Gasteiger partial charge in [-0.15, -0.1) is 0 Å². The van der Waals surface area contributed by atoms with Crippen LogP contribution in [0.3, 0.4) is 0 Å². The standard InChI is InChI=1S/C9H18N6O2/c1-4-17-9-13-7(11-5-6(2)16-3)12-8(14-9)15-10/h6H,4-5,10H2,1-3H3,(H2,11,12,13,14,15). The van der Waals surface area contributed by atoms with E-state index < -0.39 is 0 Å². The highest BCUT2D eigenvalue weighted by Crippen LogP contribution is 2.10. The van der Waals surface area contributed by atoms with Crippen molar-refractivity contribution in [2.24, 2.45) is 5.84 Å². The Hall–Kier alpha value is -1.67. The lowest BCUT2D eigenvalue weighted by Gasteiger charge is -2.11. The molecule has 17 heavy (non-hydrogen) atoms. The molecule has 1 rings (SSSR count). The number of nitrogen functional groups attached to an aromatic ring is 1. The fourth-order valence-electron chi connectivity index (χ4n) is 1.01. The topological polar surface area (TPSA) is 107 Å². The fraction of sp³-hybridized carbons (Fsp3) is 0.667. The van der Waals surface area contributed by atoms with Gasteiger partial charge in [0.2, 0.25) is 11.9 Å². The number of nitrogens with one attached hydrogen (secondary N) is 2. The highest BCUT2D eigenvalue weighted by molar-refractivity contribution is 5.34. The molecular weight excluding hydrogens is 224 g/mol. The van der Waals surface area contributed by atoms with Gasteiger partial charge in [0.1, 0.15) is 0 Å². The molecule has 0 fully saturated rings. The summed E-state index contributed by atoms with van der Waals surface area (Å²) in [7, 11) is 1.64. The van der Waals surface area contributed by atoms with Crippen molar-refractivity contribution < 1.29 is 9.47 Å². The largest absolute Gasteiger partial charge is 0.464 e. The summed E-state index contributed by atoms with van der Waals surface area (Å²) in [5.41, 5.74) is 2.35. The van der Waals surface area contributed by atoms with Crippen LogP contribution in [0, 0.1) is 0 Å². The molecule has 1 unspecified atom stereocenters. The number of rotatable bonds is 7. The molecule has 1 atom stereocenters. The molecule has 96 valence electrons. The number of methoxy groups -OCH3 is 1. The number of nitrogens with zero attached hydrogens (tertiary/aromatic N) is 3. The minimum Gasteiger partial charge on any atom is -0.464 e. The predicted octanol–water partition coefficient (Wildman–Crippen LogP) is 0.00270. The molecule has 0 bridgehead atoms. The second kappa shape index (κ2) is 6.81. The van der Waals surface area contributed by atoms with Crippen LogP contribution in [0.5, 0.6) is 6.01 Å². The van der Waals surface area contributed by atoms with Gasteiger partial charge in [0.25, 0.3) is 0 Å². The van der Waals surface area contributed by atoms with Gasteiger partial charge in [0.05, 0.1) is 12.7 Å². The van der Waals surface area contributed by atoms with Crippen LogP contribution < -0.4 is 21.3 Å². The number of hydrogen-bond acceptors (Lipinski definition) is 8. The van der Waals surface area contributed by atoms with Gasteiger partial charge in [-0.3, -0.25) is 5.43 Å². The molecule has 8 nitrogen and oxygen atoms in total. The summed E-state index contributed by atoms with van der Waals surface area (Å²) in [6, 6.07) is 0.225. The Bertz CT molecular complexity index is 348. The van der Waals surface area contributed by atoms with Crippen LogP contribution >= 0.6 is 0 Å². The van der Waals surface area contributed by atoms with Crippen LogP contribution in [0.15, 0.2) is 0 Å². The van der Waals surface area contributed by atoms with Gasteiger partial charge in [0.15, 0.2) is 0 Å². The van der Waals surface area contributed by atoms with Gasteiger partial charge >= 0.3 is 6.01 Å². The molecule has 4 N–H and O–H groups in total. The van der Waals surface area contributed by atoms with Crippen molar-refractivity contribution in [2.75, 3.05) is 31.0 Å². The maximum Gasteiger partial charge on any atom is 0.323 e. The fourth-order valence-corrected chi connectivity index (χ4v) is 1.01. The molecule has 0 aliphatic rings. The Morgan fingerprint density at radius 3 is 2.59 bits per heavy atom. The lowest BCUT2D eigenvalue weighted by molar-refractivity contribution is 0.128. The second-order valence-electron chi connectivity index (χ2n) is 3.27. The van der Waals surface area contributed by atoms with Crippen LogP contribution in [-0.4, -0.2) is 41.3 Å². The van der Waals surface area contributed by atoms with Crippen LogP contribution in [0.1, 0.15) is 13.8 Å². The zero-order valence-electron chi connectivity index (χ0n) is 10.2. The molecule has 0 aliphatic heterocycles. The predicted molar refractivity (Wildman–Crippen MR) is 63.8 cm³/mol. The van der Waals surface area contributed by atoms with Crippen LogP contribution in [0.25, 0.3) is 0 Å². The maximum absolute atomic E-state index is 5.26. The number of anilines is 2. The molecule has 0 aromatic carbocycles. The van der Waals surface area contributed by atoms with E-state index in [1.165, 1.54) is 0 Å². The van der Waals surface area contributed by atoms with E-state index >= 15 is 0 Å². The van der Waals surface area contributed by atoms with E-state index in [2.05, 4.69) is 25.7 Å². The average Bonchev–Trinajstić information content (AvgIpc) is 2.36. The first-order chi connectivity index (χ1) is 8.19. The van der Waals surface area contributed by atoms with E-state index in [1.54, 1.807) is 7.11 Å². The normalized spacial score (nSPS) is 12.0. The Morgan fingerprint density at radius 1 is 1.29 bits per heavy atom. The molecule has 0 amide bonds. The van der Waals surface area contributed by atoms with Crippen molar-refractivity contribution in [1.82, 2.24) is 15.0 Å². The van der Waals surface area contributed by atoms with Crippen molar-refractivity contribution in [3.8, 4) is 6.01 Å². The Kier molecular flexibility index (Phi) is 5.37. The molecule has 8 heteroatoms. The zero-order valence-corrected chi connectivity index (χ0v) is 10.2. The van der Waals surface area contributed by atoms with E-state index in [0.29, 0.717) is 19.1 Å². The van der Waals surface area contributed by atoms with E-state index in [0.717, 1.165) is 0 Å². The maximum atomic E-state index is 5.26. The lowest BCUT2D eigenvalue weighted by Crippen LogP contribution is -2.20. The van der Waals surface area contributed by atoms with Crippen molar-refractivity contribution in [2.45, 2.75) is 20.0 Å². The van der Waals surface area contributed by atoms with Gasteiger partial charge in [0, 0.05) is 13.7 Å². The Labute approximate surface area is 99.9 Å². The molecule has 1 aromatic rings. The van der Waals surface area contributed by atoms with Crippen LogP contribution in [0.4, 0.5) is 11.9 Å². The summed E-state index contributed by atoms with van der Waals surface area (Å²) in [6.45, 7) is 4.83. The van der Waals surface area contributed by atoms with Crippen molar-refractivity contribution >= 4 is 11.9 Å². The smallest absolute Gasteiger partial charge is 0.323 e. The van der Waals surface area contributed by atoms with Gasteiger partial charge in [-0.1, -0.05) is 0 Å². The zero-order chi connectivity index (χ0) is 12.7. The molecule has 0 aliphatic carbocycles. The van der Waals surface area contributed by atoms with Gasteiger partial charge in [-0.2, -0.15) is 15.0 Å². The van der Waals surface area contributed by atoms with Crippen LogP contribution in [-0.2, 0) is 4.74 Å². The van der Waals surface area contributed by atoms with Gasteiger partial charge < -0.3 is 14.8 Å². The molecule has 0 saturated carbocycles. The third-order valence-corrected chi connectivity index (χ3v) is 1.97. The molecular formula is C9H18N6O2. The molecule has 0 spiro atoms. The number of nitrogens with two attached hydrogens (primary N) is 1. The van der Waals surface area contributed by atoms with E-state index in [1.807, 2.05) is 13.8 Å². The summed E-state index contributed by atoms with van der Waals surface area (Å²) in [6.07, 6.45) is 0.0524. The van der Waals surface area contributed by atoms with Gasteiger partial charge in [-0.05, 0) is 13.8 Å². The monoisotopic (exact) mass is 242 g/mol. The van der Waals surface area contributed by atoms with E-state index in [9.17, 15) is 0 Å². The third-order valence-electron chi connectivity index (χ3n) is 1.97. The van der Waals surface area contributed by atoms with E-state index in [4.69, 9.17) is 15.3 Å². The number of hydrogen-bond donors (Lipinski definition) is 3. The quantitative estimate of drug-likeness (QED) is 0.453. The summed E-state index contributed by atoms with van der Waals surface area (Å²) in [5.74, 6) is 5.89. The molecule has 0 radical (unpaired) electrons. The minimum absolute atomic E-state index is 0.0524. The van der Waals surface area contributed by atoms with Crippen molar-refractivity contribution in [3.05, 3.63) is 0 Å². The minimum atomic E-state index is 0.0524. The first-order valence-corrected chi connectivity index (χ1v) is 5.31. The lowest BCUT2D eigenvalue weighted by atomic mass is 10.4. The summed E-state index contributed by atoms with van der Waals surface area (Å²) < 4.78 is 10.3. The van der Waals surface area contributed by atoms with Crippen molar-refractivity contribution in [3.63, 3.8) is 0 Å². The van der Waals surface area contributed by atoms with Gasteiger partial charge in [-0.25, -0.2) is 5.84 Å². The second-order valence-corrected chi connectivity index (χ2v) is 3.27. The molecule has 0 saturated heterocycles. The number of hydrazine groups is 1. The Morgan fingerprint density at radius 2 is 2.00 bits per heavy atom. The van der Waals surface area contributed by atoms with Crippen LogP contribution in [0.2, 0.25) is 0 Å². The first-order valence-electron chi connectivity index (χ1n) is 5.31. The van der Waals surface area contributed by atoms with Crippen molar-refractivity contribution in [1.29, 1.82) is 0 Å². The SMILES string of the molecule is CCOc1nc(NN)nc(NCC(C)OC)n1.